The minimum Gasteiger partial charge on any atom is -0.462 e. The molecule has 0 saturated heterocycles. The Morgan fingerprint density at radius 1 is 0.315 bits per heavy atom. The SMILES string of the molecule is CCCCCCCCCCCCCCCCCCCCCCCC(=O)O[C@H](COC(=O)CCCCCCCCCCCC(C)C)COP(=O)(O)OC[C@@H](O)COP(=O)(O)OC[C@@H](COC(=O)CCCCCCCCCCC)OC(=O)CCCCCCCCC(C)CC. The molecule has 0 aromatic carbocycles. The largest absolute Gasteiger partial charge is 0.472 e. The lowest BCUT2D eigenvalue weighted by atomic mass is 10.00. The standard InChI is InChI=1S/C73H142O17P2/c1-7-10-12-14-16-18-19-20-21-22-23-24-25-26-27-28-29-33-38-45-51-57-72(77)89-68(61-84-71(76)56-50-44-37-34-30-32-35-41-47-53-65(4)5)63-87-91(79,80)85-59-67(74)60-86-92(81,82)88-64-69(62-83-70(75)55-49-43-36-31-17-15-13-11-8-2)90-73(78)58-52-46-40-39-42-48-54-66(6)9-3/h65-69,74H,7-64H2,1-6H3,(H,79,80)(H,81,82)/t66?,67-,68-,69-/m1/s1. The van der Waals surface area contributed by atoms with Gasteiger partial charge in [-0.2, -0.15) is 0 Å². The Balaban J connectivity index is 5.17. The van der Waals surface area contributed by atoms with E-state index in [0.717, 1.165) is 102 Å². The number of hydrogen-bond donors (Lipinski definition) is 3. The summed E-state index contributed by atoms with van der Waals surface area (Å²) in [5, 5.41) is 10.6. The van der Waals surface area contributed by atoms with Gasteiger partial charge in [0.05, 0.1) is 26.4 Å². The lowest BCUT2D eigenvalue weighted by Gasteiger charge is -2.21. The quantitative estimate of drug-likeness (QED) is 0.0222. The van der Waals surface area contributed by atoms with Crippen molar-refractivity contribution < 1.29 is 80.2 Å². The van der Waals surface area contributed by atoms with Crippen LogP contribution in [-0.2, 0) is 65.4 Å². The van der Waals surface area contributed by atoms with Crippen LogP contribution in [-0.4, -0.2) is 96.7 Å². The number of carbonyl (C=O) groups is 4. The van der Waals surface area contributed by atoms with Crippen molar-refractivity contribution in [1.82, 2.24) is 0 Å². The third kappa shape index (κ3) is 65.4. The van der Waals surface area contributed by atoms with Crippen LogP contribution in [0.5, 0.6) is 0 Å². The van der Waals surface area contributed by atoms with E-state index in [9.17, 15) is 43.2 Å². The Morgan fingerprint density at radius 3 is 0.826 bits per heavy atom. The van der Waals surface area contributed by atoms with Crippen LogP contribution in [0.2, 0.25) is 0 Å². The fourth-order valence-corrected chi connectivity index (χ4v) is 12.7. The minimum absolute atomic E-state index is 0.103. The van der Waals surface area contributed by atoms with Crippen molar-refractivity contribution in [3.05, 3.63) is 0 Å². The number of unbranched alkanes of at least 4 members (excludes halogenated alkanes) is 41. The predicted octanol–water partition coefficient (Wildman–Crippen LogP) is 21.2. The Kier molecular flexibility index (Phi) is 63.7. The van der Waals surface area contributed by atoms with Gasteiger partial charge in [-0.3, -0.25) is 37.3 Å². The van der Waals surface area contributed by atoms with Crippen molar-refractivity contribution in [2.45, 2.75) is 394 Å². The first-order valence-electron chi connectivity index (χ1n) is 38.0. The van der Waals surface area contributed by atoms with Crippen LogP contribution in [0.3, 0.4) is 0 Å². The van der Waals surface area contributed by atoms with Gasteiger partial charge in [-0.1, -0.05) is 324 Å². The van der Waals surface area contributed by atoms with Crippen molar-refractivity contribution in [2.75, 3.05) is 39.6 Å². The summed E-state index contributed by atoms with van der Waals surface area (Å²) in [6, 6.07) is 0. The molecule has 0 bridgehead atoms. The van der Waals surface area contributed by atoms with Gasteiger partial charge in [-0.05, 0) is 37.5 Å². The number of hydrogen-bond acceptors (Lipinski definition) is 15. The highest BCUT2D eigenvalue weighted by atomic mass is 31.2. The summed E-state index contributed by atoms with van der Waals surface area (Å²) in [7, 11) is -9.90. The summed E-state index contributed by atoms with van der Waals surface area (Å²) in [5.41, 5.74) is 0. The summed E-state index contributed by atoms with van der Waals surface area (Å²) < 4.78 is 68.3. The second-order valence-corrected chi connectivity index (χ2v) is 30.0. The van der Waals surface area contributed by atoms with Crippen LogP contribution in [0.4, 0.5) is 0 Å². The molecule has 546 valence electrons. The second kappa shape index (κ2) is 65.0. The maximum atomic E-state index is 13.0. The normalized spacial score (nSPS) is 14.4. The Hall–Kier alpha value is -1.94. The van der Waals surface area contributed by atoms with E-state index in [4.69, 9.17) is 37.0 Å². The van der Waals surface area contributed by atoms with Crippen LogP contribution in [0.25, 0.3) is 0 Å². The Bertz CT molecular complexity index is 1790. The van der Waals surface area contributed by atoms with Gasteiger partial charge in [0, 0.05) is 25.7 Å². The van der Waals surface area contributed by atoms with Crippen LogP contribution in [0.15, 0.2) is 0 Å². The van der Waals surface area contributed by atoms with E-state index < -0.39 is 97.5 Å². The molecule has 3 N–H and O–H groups in total. The Labute approximate surface area is 562 Å². The first-order valence-corrected chi connectivity index (χ1v) is 41.0. The molecule has 0 spiro atoms. The molecule has 0 aliphatic carbocycles. The first-order chi connectivity index (χ1) is 44.4. The van der Waals surface area contributed by atoms with Gasteiger partial charge in [0.15, 0.2) is 12.2 Å². The van der Waals surface area contributed by atoms with Gasteiger partial charge in [0.2, 0.25) is 0 Å². The molecule has 19 heteroatoms. The molecule has 0 heterocycles. The van der Waals surface area contributed by atoms with Gasteiger partial charge in [-0.25, -0.2) is 9.13 Å². The van der Waals surface area contributed by atoms with E-state index in [1.165, 1.54) is 193 Å². The monoisotopic (exact) mass is 1350 g/mol. The van der Waals surface area contributed by atoms with Gasteiger partial charge in [0.1, 0.15) is 19.3 Å². The topological polar surface area (TPSA) is 237 Å². The average molecular weight is 1350 g/mol. The number of rotatable bonds is 72. The molecule has 6 atom stereocenters. The van der Waals surface area contributed by atoms with Crippen molar-refractivity contribution in [2.24, 2.45) is 11.8 Å². The highest BCUT2D eigenvalue weighted by Crippen LogP contribution is 2.45. The minimum atomic E-state index is -4.95. The molecule has 0 saturated carbocycles. The molecule has 0 aliphatic rings. The number of phosphoric acid groups is 2. The first kappa shape index (κ1) is 90.1. The Morgan fingerprint density at radius 2 is 0.554 bits per heavy atom. The molecular formula is C73H142O17P2. The fourth-order valence-electron chi connectivity index (χ4n) is 11.1. The van der Waals surface area contributed by atoms with Crippen LogP contribution in [0.1, 0.15) is 375 Å². The van der Waals surface area contributed by atoms with E-state index >= 15 is 0 Å². The molecule has 0 amide bonds. The zero-order chi connectivity index (χ0) is 67.9. The fraction of sp³-hybridized carbons (Fsp3) is 0.945. The molecule has 0 radical (unpaired) electrons. The number of aliphatic hydroxyl groups is 1. The van der Waals surface area contributed by atoms with Gasteiger partial charge < -0.3 is 33.8 Å². The zero-order valence-electron chi connectivity index (χ0n) is 59.9. The number of phosphoric ester groups is 2. The van der Waals surface area contributed by atoms with Crippen molar-refractivity contribution in [1.29, 1.82) is 0 Å². The smallest absolute Gasteiger partial charge is 0.462 e. The molecule has 0 rings (SSSR count). The van der Waals surface area contributed by atoms with Crippen LogP contribution < -0.4 is 0 Å². The molecule has 0 aromatic rings. The van der Waals surface area contributed by atoms with Gasteiger partial charge in [-0.15, -0.1) is 0 Å². The van der Waals surface area contributed by atoms with Crippen LogP contribution >= 0.6 is 15.6 Å². The van der Waals surface area contributed by atoms with Crippen molar-refractivity contribution >= 4 is 39.5 Å². The molecule has 3 unspecified atom stereocenters. The molecule has 92 heavy (non-hydrogen) atoms. The summed E-state index contributed by atoms with van der Waals surface area (Å²) in [6.45, 7) is 9.48. The molecule has 0 aliphatic heterocycles. The number of ether oxygens (including phenoxy) is 4. The average Bonchev–Trinajstić information content (AvgIpc) is 1.57. The maximum absolute atomic E-state index is 13.0. The van der Waals surface area contributed by atoms with Gasteiger partial charge >= 0.3 is 39.5 Å². The molecule has 0 aromatic heterocycles. The number of carbonyl (C=O) groups excluding carboxylic acids is 4. The van der Waals surface area contributed by atoms with Crippen molar-refractivity contribution in [3.8, 4) is 0 Å². The van der Waals surface area contributed by atoms with E-state index in [-0.39, 0.29) is 25.7 Å². The summed E-state index contributed by atoms with van der Waals surface area (Å²) in [5.74, 6) is -0.662. The summed E-state index contributed by atoms with van der Waals surface area (Å²) in [6.07, 6.45) is 51.6. The number of esters is 4. The lowest BCUT2D eigenvalue weighted by molar-refractivity contribution is -0.161. The highest BCUT2D eigenvalue weighted by Gasteiger charge is 2.30. The van der Waals surface area contributed by atoms with Crippen LogP contribution in [0, 0.1) is 11.8 Å². The molecule has 17 nitrogen and oxygen atoms in total. The number of aliphatic hydroxyl groups excluding tert-OH is 1. The highest BCUT2D eigenvalue weighted by molar-refractivity contribution is 7.47. The molecular weight excluding hydrogens is 1210 g/mol. The third-order valence-corrected chi connectivity index (χ3v) is 19.2. The lowest BCUT2D eigenvalue weighted by Crippen LogP contribution is -2.30. The summed E-state index contributed by atoms with van der Waals surface area (Å²) >= 11 is 0. The van der Waals surface area contributed by atoms with E-state index in [2.05, 4.69) is 41.5 Å². The maximum Gasteiger partial charge on any atom is 0.472 e. The van der Waals surface area contributed by atoms with E-state index in [0.29, 0.717) is 25.7 Å². The second-order valence-electron chi connectivity index (χ2n) is 27.1. The zero-order valence-corrected chi connectivity index (χ0v) is 61.6. The van der Waals surface area contributed by atoms with Crippen molar-refractivity contribution in [3.63, 3.8) is 0 Å². The van der Waals surface area contributed by atoms with E-state index in [1.54, 1.807) is 0 Å². The van der Waals surface area contributed by atoms with E-state index in [1.807, 2.05) is 0 Å². The summed E-state index contributed by atoms with van der Waals surface area (Å²) in [4.78, 5) is 72.5. The molecule has 0 fully saturated rings. The third-order valence-electron chi connectivity index (χ3n) is 17.3. The predicted molar refractivity (Wildman–Crippen MR) is 372 cm³/mol. The van der Waals surface area contributed by atoms with Gasteiger partial charge in [0.25, 0.3) is 0 Å².